The summed E-state index contributed by atoms with van der Waals surface area (Å²) in [6.45, 7) is 0. The lowest BCUT2D eigenvalue weighted by molar-refractivity contribution is -0.117. The minimum absolute atomic E-state index is 0.242. The van der Waals surface area contributed by atoms with E-state index in [2.05, 4.69) is 27.9 Å². The van der Waals surface area contributed by atoms with Crippen LogP contribution in [0.3, 0.4) is 0 Å². The van der Waals surface area contributed by atoms with Crippen molar-refractivity contribution < 1.29 is 4.79 Å². The fourth-order valence-electron chi connectivity index (χ4n) is 3.16. The SMILES string of the molecule is O=C(Nc1ccccc1I)C1C2CCCCC21. The highest BCUT2D eigenvalue weighted by molar-refractivity contribution is 14.1. The molecular weight excluding hydrogens is 325 g/mol. The molecule has 1 aromatic carbocycles. The average Bonchev–Trinajstić information content (AvgIpc) is 3.06. The molecule has 0 aliphatic heterocycles. The zero-order valence-corrected chi connectivity index (χ0v) is 11.8. The number of hydrogen-bond donors (Lipinski definition) is 1. The number of benzene rings is 1. The molecule has 0 spiro atoms. The van der Waals surface area contributed by atoms with Gasteiger partial charge in [-0.05, 0) is 59.4 Å². The quantitative estimate of drug-likeness (QED) is 0.818. The minimum Gasteiger partial charge on any atom is -0.325 e. The van der Waals surface area contributed by atoms with Gasteiger partial charge in [0.15, 0.2) is 0 Å². The van der Waals surface area contributed by atoms with E-state index >= 15 is 0 Å². The van der Waals surface area contributed by atoms with E-state index in [0.29, 0.717) is 17.8 Å². The molecule has 3 heteroatoms. The number of carbonyl (C=O) groups excluding carboxylic acids is 1. The molecular formula is C14H16INO. The summed E-state index contributed by atoms with van der Waals surface area (Å²) in [4.78, 5) is 12.2. The summed E-state index contributed by atoms with van der Waals surface area (Å²) >= 11 is 2.26. The number of rotatable bonds is 2. The zero-order chi connectivity index (χ0) is 11.8. The molecule has 2 aliphatic rings. The Balaban J connectivity index is 1.67. The maximum Gasteiger partial charge on any atom is 0.228 e. The number of fused-ring (bicyclic) bond motifs is 1. The number of amides is 1. The molecule has 2 nitrogen and oxygen atoms in total. The van der Waals surface area contributed by atoms with Crippen molar-refractivity contribution >= 4 is 34.2 Å². The van der Waals surface area contributed by atoms with Crippen LogP contribution in [0.1, 0.15) is 25.7 Å². The number of para-hydroxylation sites is 1. The van der Waals surface area contributed by atoms with Crippen LogP contribution in [0, 0.1) is 21.3 Å². The first-order chi connectivity index (χ1) is 8.27. The fourth-order valence-corrected chi connectivity index (χ4v) is 3.68. The molecule has 1 aromatic rings. The van der Waals surface area contributed by atoms with E-state index in [4.69, 9.17) is 0 Å². The van der Waals surface area contributed by atoms with E-state index in [1.165, 1.54) is 25.7 Å². The first-order valence-electron chi connectivity index (χ1n) is 6.33. The lowest BCUT2D eigenvalue weighted by Gasteiger charge is -2.06. The van der Waals surface area contributed by atoms with Crippen LogP contribution in [-0.2, 0) is 4.79 Å². The van der Waals surface area contributed by atoms with E-state index < -0.39 is 0 Å². The fraction of sp³-hybridized carbons (Fsp3) is 0.500. The van der Waals surface area contributed by atoms with Crippen molar-refractivity contribution in [3.63, 3.8) is 0 Å². The van der Waals surface area contributed by atoms with Gasteiger partial charge in [-0.2, -0.15) is 0 Å². The second-order valence-corrected chi connectivity index (χ2v) is 6.27. The first-order valence-corrected chi connectivity index (χ1v) is 7.40. The summed E-state index contributed by atoms with van der Waals surface area (Å²) in [6.07, 6.45) is 5.14. The van der Waals surface area contributed by atoms with Gasteiger partial charge < -0.3 is 5.32 Å². The van der Waals surface area contributed by atoms with Gasteiger partial charge in [0.25, 0.3) is 0 Å². The van der Waals surface area contributed by atoms with E-state index in [9.17, 15) is 4.79 Å². The van der Waals surface area contributed by atoms with Crippen LogP contribution >= 0.6 is 22.6 Å². The Morgan fingerprint density at radius 1 is 1.18 bits per heavy atom. The van der Waals surface area contributed by atoms with Gasteiger partial charge in [0.2, 0.25) is 5.91 Å². The van der Waals surface area contributed by atoms with Crippen molar-refractivity contribution in [2.45, 2.75) is 25.7 Å². The highest BCUT2D eigenvalue weighted by Gasteiger charge is 2.54. The van der Waals surface area contributed by atoms with Crippen LogP contribution < -0.4 is 5.32 Å². The summed E-state index contributed by atoms with van der Waals surface area (Å²) in [5.74, 6) is 1.91. The third-order valence-corrected chi connectivity index (χ3v) is 5.03. The molecule has 0 aromatic heterocycles. The Morgan fingerprint density at radius 2 is 1.82 bits per heavy atom. The van der Waals surface area contributed by atoms with Crippen molar-refractivity contribution in [3.8, 4) is 0 Å². The van der Waals surface area contributed by atoms with E-state index in [0.717, 1.165) is 9.26 Å². The van der Waals surface area contributed by atoms with Gasteiger partial charge in [0.1, 0.15) is 0 Å². The van der Waals surface area contributed by atoms with Gasteiger partial charge in [-0.1, -0.05) is 25.0 Å². The maximum absolute atomic E-state index is 12.2. The zero-order valence-electron chi connectivity index (χ0n) is 9.66. The minimum atomic E-state index is 0.242. The summed E-state index contributed by atoms with van der Waals surface area (Å²) < 4.78 is 1.11. The third-order valence-electron chi connectivity index (χ3n) is 4.09. The Hall–Kier alpha value is -0.580. The Kier molecular flexibility index (Phi) is 3.11. The molecule has 2 aliphatic carbocycles. The number of nitrogens with one attached hydrogen (secondary N) is 1. The number of halogens is 1. The van der Waals surface area contributed by atoms with Crippen LogP contribution in [0.5, 0.6) is 0 Å². The Morgan fingerprint density at radius 3 is 2.47 bits per heavy atom. The monoisotopic (exact) mass is 341 g/mol. The van der Waals surface area contributed by atoms with Gasteiger partial charge in [0, 0.05) is 9.49 Å². The van der Waals surface area contributed by atoms with Crippen LogP contribution in [0.15, 0.2) is 24.3 Å². The van der Waals surface area contributed by atoms with Crippen LogP contribution in [0.4, 0.5) is 5.69 Å². The topological polar surface area (TPSA) is 29.1 Å². The standard InChI is InChI=1S/C14H16INO/c15-11-7-3-4-8-12(11)16-14(17)13-9-5-1-2-6-10(9)13/h3-4,7-10,13H,1-2,5-6H2,(H,16,17). The summed E-state index contributed by atoms with van der Waals surface area (Å²) in [6, 6.07) is 7.97. The molecule has 1 N–H and O–H groups in total. The lowest BCUT2D eigenvalue weighted by Crippen LogP contribution is -2.16. The van der Waals surface area contributed by atoms with Crippen LogP contribution in [-0.4, -0.2) is 5.91 Å². The molecule has 2 atom stereocenters. The van der Waals surface area contributed by atoms with Crippen LogP contribution in [0.25, 0.3) is 0 Å². The second-order valence-electron chi connectivity index (χ2n) is 5.11. The number of carbonyl (C=O) groups is 1. The normalized spacial score (nSPS) is 30.5. The molecule has 2 fully saturated rings. The van der Waals surface area contributed by atoms with Gasteiger partial charge in [0.05, 0.1) is 5.69 Å². The molecule has 1 amide bonds. The molecule has 2 saturated carbocycles. The van der Waals surface area contributed by atoms with Crippen LogP contribution in [0.2, 0.25) is 0 Å². The van der Waals surface area contributed by atoms with E-state index in [1.807, 2.05) is 24.3 Å². The highest BCUT2D eigenvalue weighted by atomic mass is 127. The molecule has 0 heterocycles. The second kappa shape index (κ2) is 4.59. The van der Waals surface area contributed by atoms with Crippen molar-refractivity contribution in [1.82, 2.24) is 0 Å². The molecule has 17 heavy (non-hydrogen) atoms. The van der Waals surface area contributed by atoms with E-state index in [-0.39, 0.29) is 5.91 Å². The molecule has 0 saturated heterocycles. The van der Waals surface area contributed by atoms with E-state index in [1.54, 1.807) is 0 Å². The lowest BCUT2D eigenvalue weighted by atomic mass is 10.0. The highest BCUT2D eigenvalue weighted by Crippen LogP contribution is 2.55. The summed E-state index contributed by atoms with van der Waals surface area (Å²) in [7, 11) is 0. The third kappa shape index (κ3) is 2.21. The van der Waals surface area contributed by atoms with Crippen molar-refractivity contribution in [2.24, 2.45) is 17.8 Å². The number of anilines is 1. The molecule has 0 radical (unpaired) electrons. The molecule has 0 bridgehead atoms. The predicted molar refractivity (Wildman–Crippen MR) is 76.7 cm³/mol. The maximum atomic E-state index is 12.2. The molecule has 2 unspecified atom stereocenters. The average molecular weight is 341 g/mol. The van der Waals surface area contributed by atoms with Crippen molar-refractivity contribution in [3.05, 3.63) is 27.8 Å². The Labute approximate surface area is 115 Å². The largest absolute Gasteiger partial charge is 0.325 e. The van der Waals surface area contributed by atoms with Crippen molar-refractivity contribution in [2.75, 3.05) is 5.32 Å². The van der Waals surface area contributed by atoms with Gasteiger partial charge in [-0.15, -0.1) is 0 Å². The number of hydrogen-bond acceptors (Lipinski definition) is 1. The molecule has 3 rings (SSSR count). The predicted octanol–water partition coefficient (Wildman–Crippen LogP) is 3.67. The first kappa shape index (κ1) is 11.5. The van der Waals surface area contributed by atoms with Crippen molar-refractivity contribution in [1.29, 1.82) is 0 Å². The van der Waals surface area contributed by atoms with Gasteiger partial charge in [-0.25, -0.2) is 0 Å². The summed E-state index contributed by atoms with van der Waals surface area (Å²) in [5.41, 5.74) is 0.960. The summed E-state index contributed by atoms with van der Waals surface area (Å²) in [5, 5.41) is 3.08. The Bertz CT molecular complexity index is 434. The smallest absolute Gasteiger partial charge is 0.228 e. The van der Waals surface area contributed by atoms with Gasteiger partial charge in [-0.3, -0.25) is 4.79 Å². The van der Waals surface area contributed by atoms with Gasteiger partial charge >= 0.3 is 0 Å². The molecule has 90 valence electrons.